The number of carbonyl (C=O) groups is 2. The van der Waals surface area contributed by atoms with E-state index in [9.17, 15) is 9.59 Å². The molecule has 0 aliphatic carbocycles. The molecule has 7 heteroatoms. The number of aliphatic carboxylic acids is 1. The standard InChI is InChI=1S/C10H10I2N2O3/c11-4-1-5(9(14)6(12)2-4)8(15)3-7(13)10(16)17/h1-2,7H,3,13-14H2,(H,16,17). The van der Waals surface area contributed by atoms with Crippen LogP contribution in [0.1, 0.15) is 16.8 Å². The first-order valence-electron chi connectivity index (χ1n) is 4.59. The molecule has 0 spiro atoms. The molecule has 0 saturated heterocycles. The number of ketones is 1. The molecule has 17 heavy (non-hydrogen) atoms. The van der Waals surface area contributed by atoms with Crippen LogP contribution in [0.3, 0.4) is 0 Å². The van der Waals surface area contributed by atoms with Gasteiger partial charge in [-0.3, -0.25) is 9.59 Å². The predicted octanol–water partition coefficient (Wildman–Crippen LogP) is 1.46. The molecule has 1 unspecified atom stereocenters. The average molecular weight is 460 g/mol. The fourth-order valence-electron chi connectivity index (χ4n) is 1.21. The summed E-state index contributed by atoms with van der Waals surface area (Å²) in [7, 11) is 0. The number of halogens is 2. The van der Waals surface area contributed by atoms with E-state index in [1.165, 1.54) is 0 Å². The summed E-state index contributed by atoms with van der Waals surface area (Å²) in [6.45, 7) is 0. The van der Waals surface area contributed by atoms with Crippen molar-refractivity contribution < 1.29 is 14.7 Å². The Kier molecular flexibility index (Phi) is 5.13. The molecule has 1 atom stereocenters. The zero-order chi connectivity index (χ0) is 13.2. The minimum Gasteiger partial charge on any atom is -0.480 e. The maximum absolute atomic E-state index is 11.9. The molecule has 1 aromatic carbocycles. The normalized spacial score (nSPS) is 12.2. The first-order chi connectivity index (χ1) is 7.82. The van der Waals surface area contributed by atoms with Crippen LogP contribution in [0.25, 0.3) is 0 Å². The van der Waals surface area contributed by atoms with E-state index in [2.05, 4.69) is 22.6 Å². The van der Waals surface area contributed by atoms with Crippen LogP contribution in [0.4, 0.5) is 5.69 Å². The van der Waals surface area contributed by atoms with Crippen LogP contribution in [-0.2, 0) is 4.79 Å². The Balaban J connectivity index is 3.01. The van der Waals surface area contributed by atoms with Gasteiger partial charge in [-0.15, -0.1) is 0 Å². The Morgan fingerprint density at radius 2 is 1.94 bits per heavy atom. The van der Waals surface area contributed by atoms with Gasteiger partial charge in [-0.25, -0.2) is 0 Å². The summed E-state index contributed by atoms with van der Waals surface area (Å²) >= 11 is 4.09. The fraction of sp³-hybridized carbons (Fsp3) is 0.200. The Labute approximate surface area is 125 Å². The third kappa shape index (κ3) is 3.78. The summed E-state index contributed by atoms with van der Waals surface area (Å²) in [6.07, 6.45) is -0.254. The van der Waals surface area contributed by atoms with Crippen molar-refractivity contribution >= 4 is 62.6 Å². The molecule has 0 amide bonds. The van der Waals surface area contributed by atoms with E-state index in [1.807, 2.05) is 28.7 Å². The molecule has 0 radical (unpaired) electrons. The van der Waals surface area contributed by atoms with Crippen molar-refractivity contribution in [2.75, 3.05) is 5.73 Å². The Morgan fingerprint density at radius 1 is 1.35 bits per heavy atom. The van der Waals surface area contributed by atoms with Gasteiger partial charge in [-0.2, -0.15) is 0 Å². The van der Waals surface area contributed by atoms with Gasteiger partial charge in [0.25, 0.3) is 0 Å². The zero-order valence-electron chi connectivity index (χ0n) is 8.61. The van der Waals surface area contributed by atoms with E-state index in [4.69, 9.17) is 16.6 Å². The van der Waals surface area contributed by atoms with E-state index < -0.39 is 12.0 Å². The van der Waals surface area contributed by atoms with Crippen molar-refractivity contribution in [2.24, 2.45) is 5.73 Å². The van der Waals surface area contributed by atoms with E-state index in [-0.39, 0.29) is 12.2 Å². The van der Waals surface area contributed by atoms with Crippen LogP contribution in [0.5, 0.6) is 0 Å². The monoisotopic (exact) mass is 460 g/mol. The molecule has 5 N–H and O–H groups in total. The lowest BCUT2D eigenvalue weighted by Crippen LogP contribution is -2.32. The van der Waals surface area contributed by atoms with E-state index in [0.717, 1.165) is 7.14 Å². The van der Waals surface area contributed by atoms with Crippen molar-refractivity contribution in [1.82, 2.24) is 0 Å². The number of rotatable bonds is 4. The van der Waals surface area contributed by atoms with Gasteiger partial charge < -0.3 is 16.6 Å². The number of benzene rings is 1. The van der Waals surface area contributed by atoms with Crippen LogP contribution in [0.15, 0.2) is 12.1 Å². The van der Waals surface area contributed by atoms with Crippen LogP contribution in [-0.4, -0.2) is 22.9 Å². The summed E-state index contributed by atoms with van der Waals surface area (Å²) in [5, 5.41) is 8.64. The maximum Gasteiger partial charge on any atom is 0.320 e. The van der Waals surface area contributed by atoms with Gasteiger partial charge >= 0.3 is 5.97 Å². The van der Waals surface area contributed by atoms with E-state index >= 15 is 0 Å². The van der Waals surface area contributed by atoms with Gasteiger partial charge in [0.1, 0.15) is 6.04 Å². The highest BCUT2D eigenvalue weighted by Crippen LogP contribution is 2.24. The van der Waals surface area contributed by atoms with E-state index in [1.54, 1.807) is 6.07 Å². The Bertz CT molecular complexity index is 477. The molecule has 0 saturated carbocycles. The third-order valence-electron chi connectivity index (χ3n) is 2.12. The van der Waals surface area contributed by atoms with Crippen molar-refractivity contribution in [3.8, 4) is 0 Å². The summed E-state index contributed by atoms with van der Waals surface area (Å²) in [4.78, 5) is 22.4. The number of hydrogen-bond acceptors (Lipinski definition) is 4. The number of nitrogen functional groups attached to an aromatic ring is 1. The Hall–Kier alpha value is -0.420. The van der Waals surface area contributed by atoms with Crippen LogP contribution >= 0.6 is 45.2 Å². The second-order valence-corrected chi connectivity index (χ2v) is 5.83. The lowest BCUT2D eigenvalue weighted by atomic mass is 10.0. The molecular weight excluding hydrogens is 450 g/mol. The number of anilines is 1. The van der Waals surface area contributed by atoms with Crippen LogP contribution in [0, 0.1) is 7.14 Å². The van der Waals surface area contributed by atoms with Crippen molar-refractivity contribution in [1.29, 1.82) is 0 Å². The topological polar surface area (TPSA) is 106 Å². The van der Waals surface area contributed by atoms with Crippen LogP contribution in [0.2, 0.25) is 0 Å². The SMILES string of the molecule is Nc1c(I)cc(I)cc1C(=O)CC(N)C(=O)O. The molecule has 1 aromatic rings. The highest BCUT2D eigenvalue weighted by molar-refractivity contribution is 14.1. The van der Waals surface area contributed by atoms with Crippen molar-refractivity contribution in [2.45, 2.75) is 12.5 Å². The second kappa shape index (κ2) is 5.96. The molecule has 0 bridgehead atoms. The largest absolute Gasteiger partial charge is 0.480 e. The number of hydrogen-bond donors (Lipinski definition) is 3. The lowest BCUT2D eigenvalue weighted by molar-refractivity contribution is -0.138. The van der Waals surface area contributed by atoms with Gasteiger partial charge in [0.2, 0.25) is 0 Å². The number of carbonyl (C=O) groups excluding carboxylic acids is 1. The summed E-state index contributed by atoms with van der Waals surface area (Å²) in [5.41, 5.74) is 11.8. The molecule has 0 aliphatic heterocycles. The maximum atomic E-state index is 11.9. The molecule has 0 fully saturated rings. The summed E-state index contributed by atoms with van der Waals surface area (Å²) < 4.78 is 1.63. The zero-order valence-corrected chi connectivity index (χ0v) is 12.9. The minimum atomic E-state index is -1.20. The number of Topliss-reactive ketones (excluding diaryl/α,β-unsaturated/α-hetero) is 1. The summed E-state index contributed by atoms with van der Waals surface area (Å²) in [5.74, 6) is -1.55. The summed E-state index contributed by atoms with van der Waals surface area (Å²) in [6, 6.07) is 2.27. The molecule has 92 valence electrons. The first-order valence-corrected chi connectivity index (χ1v) is 6.74. The number of carboxylic acids is 1. The average Bonchev–Trinajstić information content (AvgIpc) is 2.22. The van der Waals surface area contributed by atoms with E-state index in [0.29, 0.717) is 11.3 Å². The third-order valence-corrected chi connectivity index (χ3v) is 3.63. The van der Waals surface area contributed by atoms with Gasteiger partial charge in [0.05, 0.1) is 5.69 Å². The lowest BCUT2D eigenvalue weighted by Gasteiger charge is -2.09. The van der Waals surface area contributed by atoms with Crippen LogP contribution < -0.4 is 11.5 Å². The first kappa shape index (κ1) is 14.6. The van der Waals surface area contributed by atoms with Crippen molar-refractivity contribution in [3.05, 3.63) is 24.8 Å². The molecule has 5 nitrogen and oxygen atoms in total. The number of carboxylic acid groups (broad SMARTS) is 1. The van der Waals surface area contributed by atoms with Crippen molar-refractivity contribution in [3.63, 3.8) is 0 Å². The smallest absolute Gasteiger partial charge is 0.320 e. The van der Waals surface area contributed by atoms with Gasteiger partial charge in [-0.1, -0.05) is 0 Å². The minimum absolute atomic E-state index is 0.254. The highest BCUT2D eigenvalue weighted by atomic mass is 127. The van der Waals surface area contributed by atoms with Gasteiger partial charge in [0.15, 0.2) is 5.78 Å². The quantitative estimate of drug-likeness (QED) is 0.359. The fourth-order valence-corrected chi connectivity index (χ4v) is 3.06. The molecule has 1 rings (SSSR count). The van der Waals surface area contributed by atoms with Gasteiger partial charge in [-0.05, 0) is 57.3 Å². The highest BCUT2D eigenvalue weighted by Gasteiger charge is 2.20. The predicted molar refractivity (Wildman–Crippen MR) is 80.8 cm³/mol. The second-order valence-electron chi connectivity index (χ2n) is 3.42. The molecule has 0 aliphatic rings. The number of nitrogens with two attached hydrogens (primary N) is 2. The molecule has 0 aromatic heterocycles. The molecule has 0 heterocycles. The Morgan fingerprint density at radius 3 is 2.47 bits per heavy atom. The van der Waals surface area contributed by atoms with Gasteiger partial charge in [0, 0.05) is 19.1 Å². The molecular formula is C10H10I2N2O3.